The van der Waals surface area contributed by atoms with Crippen LogP contribution in [0.25, 0.3) is 0 Å². The van der Waals surface area contributed by atoms with E-state index in [-0.39, 0.29) is 23.4 Å². The zero-order chi connectivity index (χ0) is 11.4. The number of carbonyl (C=O) groups is 1. The number of rotatable bonds is 3. The second-order valence-electron chi connectivity index (χ2n) is 3.40. The van der Waals surface area contributed by atoms with Crippen molar-refractivity contribution in [3.8, 4) is 0 Å². The molecule has 0 aliphatic carbocycles. The van der Waals surface area contributed by atoms with Crippen LogP contribution in [0.5, 0.6) is 0 Å². The number of hydrogen-bond acceptors (Lipinski definition) is 1. The van der Waals surface area contributed by atoms with Crippen LogP contribution in [-0.2, 0) is 4.79 Å². The summed E-state index contributed by atoms with van der Waals surface area (Å²) >= 11 is 5.58. The third-order valence-electron chi connectivity index (χ3n) is 2.20. The summed E-state index contributed by atoms with van der Waals surface area (Å²) in [4.78, 5) is 13.0. The molecule has 0 fully saturated rings. The molecule has 4 heteroatoms. The van der Waals surface area contributed by atoms with Gasteiger partial charge in [0.15, 0.2) is 0 Å². The van der Waals surface area contributed by atoms with Crippen LogP contribution < -0.4 is 4.90 Å². The molecule has 15 heavy (non-hydrogen) atoms. The summed E-state index contributed by atoms with van der Waals surface area (Å²) in [6.07, 6.45) is 0. The first-order valence-electron chi connectivity index (χ1n) is 4.66. The molecule has 0 heterocycles. The normalized spacial score (nSPS) is 12.3. The van der Waals surface area contributed by atoms with E-state index in [1.165, 1.54) is 11.0 Å². The Morgan fingerprint density at radius 3 is 2.67 bits per heavy atom. The topological polar surface area (TPSA) is 20.3 Å². The molecule has 0 bridgehead atoms. The van der Waals surface area contributed by atoms with E-state index in [0.29, 0.717) is 0 Å². The van der Waals surface area contributed by atoms with Crippen molar-refractivity contribution in [2.24, 2.45) is 5.92 Å². The fourth-order valence-electron chi connectivity index (χ4n) is 1.24. The largest absolute Gasteiger partial charge is 0.313 e. The van der Waals surface area contributed by atoms with E-state index < -0.39 is 5.82 Å². The predicted molar refractivity (Wildman–Crippen MR) is 59.7 cm³/mol. The predicted octanol–water partition coefficient (Wildman–Crippen LogP) is 2.66. The van der Waals surface area contributed by atoms with E-state index in [9.17, 15) is 9.18 Å². The molecular weight excluding hydrogens is 217 g/mol. The molecule has 1 aromatic carbocycles. The van der Waals surface area contributed by atoms with Crippen molar-refractivity contribution in [2.45, 2.75) is 6.92 Å². The van der Waals surface area contributed by atoms with Crippen molar-refractivity contribution >= 4 is 23.2 Å². The average molecular weight is 230 g/mol. The molecule has 1 aromatic rings. The summed E-state index contributed by atoms with van der Waals surface area (Å²) in [6, 6.07) is 6.16. The summed E-state index contributed by atoms with van der Waals surface area (Å²) in [5, 5.41) is 0. The number of carbonyl (C=O) groups excluding carboxylic acids is 1. The molecule has 0 aliphatic heterocycles. The number of anilines is 1. The maximum atomic E-state index is 13.3. The number of hydrogen-bond donors (Lipinski definition) is 0. The molecule has 0 aromatic heterocycles. The highest BCUT2D eigenvalue weighted by atomic mass is 35.5. The SMILES string of the molecule is CC(CCl)C(=O)N(C)c1ccccc1F. The van der Waals surface area contributed by atoms with Gasteiger partial charge in [-0.05, 0) is 12.1 Å². The van der Waals surface area contributed by atoms with Gasteiger partial charge in [0.05, 0.1) is 5.69 Å². The van der Waals surface area contributed by atoms with Crippen LogP contribution in [0.2, 0.25) is 0 Å². The summed E-state index contributed by atoms with van der Waals surface area (Å²) in [5.74, 6) is -0.668. The Labute approximate surface area is 93.6 Å². The van der Waals surface area contributed by atoms with Crippen molar-refractivity contribution in [1.29, 1.82) is 0 Å². The lowest BCUT2D eigenvalue weighted by atomic mass is 10.1. The molecule has 1 atom stereocenters. The van der Waals surface area contributed by atoms with Gasteiger partial charge < -0.3 is 4.90 Å². The minimum absolute atomic E-state index is 0.185. The highest BCUT2D eigenvalue weighted by Crippen LogP contribution is 2.19. The lowest BCUT2D eigenvalue weighted by molar-refractivity contribution is -0.121. The molecule has 0 N–H and O–H groups in total. The van der Waals surface area contributed by atoms with Gasteiger partial charge in [0, 0.05) is 18.8 Å². The summed E-state index contributed by atoms with van der Waals surface area (Å²) in [7, 11) is 1.55. The smallest absolute Gasteiger partial charge is 0.230 e. The fraction of sp³-hybridized carbons (Fsp3) is 0.364. The highest BCUT2D eigenvalue weighted by molar-refractivity contribution is 6.19. The Morgan fingerprint density at radius 1 is 1.53 bits per heavy atom. The molecule has 82 valence electrons. The van der Waals surface area contributed by atoms with Crippen molar-refractivity contribution < 1.29 is 9.18 Å². The van der Waals surface area contributed by atoms with Gasteiger partial charge in [0.2, 0.25) is 5.91 Å². The minimum atomic E-state index is -0.407. The molecule has 1 unspecified atom stereocenters. The quantitative estimate of drug-likeness (QED) is 0.730. The highest BCUT2D eigenvalue weighted by Gasteiger charge is 2.19. The van der Waals surface area contributed by atoms with Crippen LogP contribution in [-0.4, -0.2) is 18.8 Å². The van der Waals surface area contributed by atoms with Gasteiger partial charge in [0.25, 0.3) is 0 Å². The van der Waals surface area contributed by atoms with Gasteiger partial charge in [-0.25, -0.2) is 4.39 Å². The first-order valence-corrected chi connectivity index (χ1v) is 5.19. The van der Waals surface area contributed by atoms with E-state index in [1.54, 1.807) is 32.2 Å². The van der Waals surface area contributed by atoms with Crippen molar-refractivity contribution in [3.63, 3.8) is 0 Å². The summed E-state index contributed by atoms with van der Waals surface area (Å²) in [6.45, 7) is 1.71. The van der Waals surface area contributed by atoms with Gasteiger partial charge in [-0.15, -0.1) is 11.6 Å². The molecule has 0 spiro atoms. The Hall–Kier alpha value is -1.09. The number of halogens is 2. The van der Waals surface area contributed by atoms with Gasteiger partial charge >= 0.3 is 0 Å². The first kappa shape index (κ1) is 12.0. The van der Waals surface area contributed by atoms with E-state index in [4.69, 9.17) is 11.6 Å². The van der Waals surface area contributed by atoms with Crippen LogP contribution in [0, 0.1) is 11.7 Å². The molecule has 1 rings (SSSR count). The Kier molecular flexibility index (Phi) is 4.09. The van der Waals surface area contributed by atoms with E-state index >= 15 is 0 Å². The maximum Gasteiger partial charge on any atom is 0.230 e. The molecule has 0 saturated carbocycles. The van der Waals surface area contributed by atoms with Crippen molar-refractivity contribution in [3.05, 3.63) is 30.1 Å². The minimum Gasteiger partial charge on any atom is -0.313 e. The Balaban J connectivity index is 2.90. The van der Waals surface area contributed by atoms with Crippen molar-refractivity contribution in [2.75, 3.05) is 17.8 Å². The van der Waals surface area contributed by atoms with E-state index in [1.807, 2.05) is 0 Å². The fourth-order valence-corrected chi connectivity index (χ4v) is 1.37. The molecule has 1 amide bonds. The molecular formula is C11H13ClFNO. The molecule has 0 saturated heterocycles. The van der Waals surface area contributed by atoms with Gasteiger partial charge in [-0.1, -0.05) is 19.1 Å². The van der Waals surface area contributed by atoms with Crippen LogP contribution in [0.1, 0.15) is 6.92 Å². The first-order chi connectivity index (χ1) is 7.07. The number of nitrogens with zero attached hydrogens (tertiary/aromatic N) is 1. The Morgan fingerprint density at radius 2 is 2.13 bits per heavy atom. The lowest BCUT2D eigenvalue weighted by Crippen LogP contribution is -2.32. The third-order valence-corrected chi connectivity index (χ3v) is 2.66. The van der Waals surface area contributed by atoms with Crippen LogP contribution in [0.4, 0.5) is 10.1 Å². The van der Waals surface area contributed by atoms with Crippen LogP contribution in [0.3, 0.4) is 0 Å². The summed E-state index contributed by atoms with van der Waals surface area (Å²) in [5.41, 5.74) is 0.277. The standard InChI is InChI=1S/C11H13ClFNO/c1-8(7-12)11(15)14(2)10-6-4-3-5-9(10)13/h3-6,8H,7H2,1-2H3. The zero-order valence-corrected chi connectivity index (χ0v) is 9.46. The van der Waals surface area contributed by atoms with E-state index in [2.05, 4.69) is 0 Å². The lowest BCUT2D eigenvalue weighted by Gasteiger charge is -2.20. The second-order valence-corrected chi connectivity index (χ2v) is 3.71. The van der Waals surface area contributed by atoms with Gasteiger partial charge in [-0.2, -0.15) is 0 Å². The van der Waals surface area contributed by atoms with Crippen LogP contribution >= 0.6 is 11.6 Å². The second kappa shape index (κ2) is 5.12. The monoisotopic (exact) mass is 229 g/mol. The molecule has 0 aliphatic rings. The number of para-hydroxylation sites is 1. The number of benzene rings is 1. The van der Waals surface area contributed by atoms with Crippen LogP contribution in [0.15, 0.2) is 24.3 Å². The summed E-state index contributed by atoms with van der Waals surface area (Å²) < 4.78 is 13.3. The third kappa shape index (κ3) is 2.69. The Bertz CT molecular complexity index is 356. The average Bonchev–Trinajstić information content (AvgIpc) is 2.26. The van der Waals surface area contributed by atoms with E-state index in [0.717, 1.165) is 0 Å². The number of amides is 1. The number of alkyl halides is 1. The van der Waals surface area contributed by atoms with Gasteiger partial charge in [-0.3, -0.25) is 4.79 Å². The molecule has 2 nitrogen and oxygen atoms in total. The maximum absolute atomic E-state index is 13.3. The molecule has 0 radical (unpaired) electrons. The van der Waals surface area contributed by atoms with Gasteiger partial charge in [0.1, 0.15) is 5.82 Å². The zero-order valence-electron chi connectivity index (χ0n) is 8.71. The van der Waals surface area contributed by atoms with Crippen molar-refractivity contribution in [1.82, 2.24) is 0 Å².